The van der Waals surface area contributed by atoms with Gasteiger partial charge in [-0.3, -0.25) is 4.57 Å². The molecule has 0 aliphatic heterocycles. The average Bonchev–Trinajstić information content (AvgIpc) is 2.73. The molecule has 0 aromatic heterocycles. The van der Waals surface area contributed by atoms with Crippen molar-refractivity contribution in [3.63, 3.8) is 0 Å². The number of benzene rings is 2. The van der Waals surface area contributed by atoms with E-state index in [9.17, 15) is 31.6 Å². The molecule has 5 nitrogen and oxygen atoms in total. The lowest BCUT2D eigenvalue weighted by Gasteiger charge is -2.34. The van der Waals surface area contributed by atoms with Crippen LogP contribution in [0.1, 0.15) is 75.8 Å². The van der Waals surface area contributed by atoms with E-state index in [0.29, 0.717) is 34.6 Å². The monoisotopic (exact) mass is 650 g/mol. The van der Waals surface area contributed by atoms with Gasteiger partial charge < -0.3 is 9.79 Å². The van der Waals surface area contributed by atoms with Crippen molar-refractivity contribution in [3.8, 4) is 11.8 Å². The van der Waals surface area contributed by atoms with Crippen LogP contribution in [-0.4, -0.2) is 30.2 Å². The molecule has 0 bridgehead atoms. The van der Waals surface area contributed by atoms with Crippen LogP contribution in [0.5, 0.6) is 0 Å². The van der Waals surface area contributed by atoms with Gasteiger partial charge in [-0.05, 0) is 67.7 Å². The van der Waals surface area contributed by atoms with E-state index in [1.54, 1.807) is 23.9 Å². The zero-order valence-corrected chi connectivity index (χ0v) is 26.6. The fourth-order valence-corrected chi connectivity index (χ4v) is 7.34. The topological polar surface area (TPSA) is 91.7 Å². The van der Waals surface area contributed by atoms with E-state index in [1.165, 1.54) is 18.2 Å². The van der Waals surface area contributed by atoms with Crippen molar-refractivity contribution in [2.75, 3.05) is 12.0 Å². The van der Waals surface area contributed by atoms with Crippen LogP contribution in [0.3, 0.4) is 0 Å². The smallest absolute Gasteiger partial charge is 0.320 e. The largest absolute Gasteiger partial charge is 0.399 e. The minimum atomic E-state index is -5.77. The lowest BCUT2D eigenvalue weighted by molar-refractivity contribution is 0.0554. The summed E-state index contributed by atoms with van der Waals surface area (Å²) in [5.41, 5.74) is -3.58. The number of thioether (sulfide) groups is 1. The first kappa shape index (κ1) is 33.0. The lowest BCUT2D eigenvalue weighted by Crippen LogP contribution is -2.25. The molecule has 0 unspecified atom stereocenters. The van der Waals surface area contributed by atoms with Crippen molar-refractivity contribution in [2.45, 2.75) is 75.1 Å². The Morgan fingerprint density at radius 1 is 1.03 bits per heavy atom. The van der Waals surface area contributed by atoms with E-state index in [-0.39, 0.29) is 9.37 Å². The maximum Gasteiger partial charge on any atom is 0.399 e. The third kappa shape index (κ3) is 7.93. The molecule has 38 heavy (non-hydrogen) atoms. The molecule has 0 fully saturated rings. The summed E-state index contributed by atoms with van der Waals surface area (Å²) >= 11 is 4.86. The molecule has 2 aromatic carbocycles. The summed E-state index contributed by atoms with van der Waals surface area (Å²) < 4.78 is 65.2. The van der Waals surface area contributed by atoms with Crippen LogP contribution in [0.4, 0.5) is 8.78 Å². The van der Waals surface area contributed by atoms with E-state index < -0.39 is 39.5 Å². The van der Waals surface area contributed by atoms with Crippen LogP contribution in [-0.2, 0) is 36.6 Å². The molecule has 2 rings (SSSR count). The zero-order valence-electron chi connectivity index (χ0n) is 22.5. The number of hydrogen-bond donors (Lipinski definition) is 2. The lowest BCUT2D eigenvalue weighted by atomic mass is 9.75. The number of halogens is 3. The van der Waals surface area contributed by atoms with Crippen LogP contribution >= 0.6 is 35.3 Å². The van der Waals surface area contributed by atoms with Gasteiger partial charge in [-0.15, -0.1) is 0 Å². The molecule has 0 aliphatic carbocycles. The van der Waals surface area contributed by atoms with E-state index in [1.807, 2.05) is 41.5 Å². The maximum atomic E-state index is 15.0. The van der Waals surface area contributed by atoms with Gasteiger partial charge in [-0.1, -0.05) is 59.4 Å². The standard InChI is InChI=1S/C27H34BrF2O5PS2/c1-25(2,3)21-16-22(27(29,30)36(31,32)33)24(28)23(26(4,5)6)20(21)17-37-14-9-8-11-18-12-10-13-19(15-18)38(7,34)35/h10,12-13,15-16H,9,14,17H2,1-7H3,(H2,31,32,33). The van der Waals surface area contributed by atoms with E-state index in [2.05, 4.69) is 27.8 Å². The molecule has 0 spiro atoms. The van der Waals surface area contributed by atoms with Crippen LogP contribution < -0.4 is 0 Å². The highest BCUT2D eigenvalue weighted by atomic mass is 79.9. The Labute approximate surface area is 237 Å². The SMILES string of the molecule is CC(C)(C)c1cc(C(F)(F)P(=O)(O)O)c(Br)c(C(C)(C)C)c1CSCCC#Cc1cccc(S(C)(=O)=O)c1. The molecule has 0 aliphatic rings. The van der Waals surface area contributed by atoms with Crippen LogP contribution in [0.2, 0.25) is 0 Å². The molecule has 0 saturated carbocycles. The number of sulfone groups is 1. The summed E-state index contributed by atoms with van der Waals surface area (Å²) in [6.07, 6.45) is 1.67. The molecule has 0 atom stereocenters. The molecule has 0 radical (unpaired) electrons. The molecule has 0 amide bonds. The summed E-state index contributed by atoms with van der Waals surface area (Å²) in [5, 5.41) is 0. The molecule has 2 N–H and O–H groups in total. The van der Waals surface area contributed by atoms with Gasteiger partial charge in [-0.25, -0.2) is 8.42 Å². The zero-order chi connectivity index (χ0) is 29.3. The van der Waals surface area contributed by atoms with Gasteiger partial charge in [0.15, 0.2) is 9.84 Å². The second-order valence-corrected chi connectivity index (χ2v) is 16.7. The first-order valence-corrected chi connectivity index (χ1v) is 17.2. The van der Waals surface area contributed by atoms with E-state index in [4.69, 9.17) is 0 Å². The number of hydrogen-bond acceptors (Lipinski definition) is 4. The predicted octanol–water partition coefficient (Wildman–Crippen LogP) is 7.35. The van der Waals surface area contributed by atoms with Gasteiger partial charge in [0.1, 0.15) is 0 Å². The number of rotatable bonds is 7. The third-order valence-electron chi connectivity index (χ3n) is 5.73. The first-order chi connectivity index (χ1) is 17.1. The second-order valence-electron chi connectivity index (χ2n) is 11.1. The van der Waals surface area contributed by atoms with Crippen molar-refractivity contribution >= 4 is 45.1 Å². The van der Waals surface area contributed by atoms with Gasteiger partial charge in [0.25, 0.3) is 0 Å². The molecule has 11 heteroatoms. The summed E-state index contributed by atoms with van der Waals surface area (Å²) in [6.45, 7) is 11.3. The summed E-state index contributed by atoms with van der Waals surface area (Å²) in [5.74, 6) is 7.17. The second kappa shape index (κ2) is 11.7. The van der Waals surface area contributed by atoms with Gasteiger partial charge in [-0.2, -0.15) is 20.5 Å². The van der Waals surface area contributed by atoms with Crippen molar-refractivity contribution in [1.29, 1.82) is 0 Å². The maximum absolute atomic E-state index is 15.0. The molecule has 0 saturated heterocycles. The summed E-state index contributed by atoms with van der Waals surface area (Å²) in [4.78, 5) is 19.1. The van der Waals surface area contributed by atoms with Crippen molar-refractivity contribution in [3.05, 3.63) is 62.6 Å². The van der Waals surface area contributed by atoms with Crippen LogP contribution in [0, 0.1) is 11.8 Å². The Balaban J connectivity index is 2.41. The van der Waals surface area contributed by atoms with E-state index in [0.717, 1.165) is 11.8 Å². The Hall–Kier alpha value is -1.21. The normalized spacial score (nSPS) is 13.3. The molecular weight excluding hydrogens is 617 g/mol. The fourth-order valence-electron chi connectivity index (χ4n) is 3.94. The van der Waals surface area contributed by atoms with Crippen molar-refractivity contribution in [2.24, 2.45) is 0 Å². The Bertz CT molecular complexity index is 1410. The fraction of sp³-hybridized carbons (Fsp3) is 0.481. The quantitative estimate of drug-likeness (QED) is 0.185. The first-order valence-electron chi connectivity index (χ1n) is 11.8. The molecule has 210 valence electrons. The van der Waals surface area contributed by atoms with Gasteiger partial charge in [0.05, 0.1) is 4.90 Å². The van der Waals surface area contributed by atoms with Crippen molar-refractivity contribution < 1.29 is 31.6 Å². The van der Waals surface area contributed by atoms with Gasteiger partial charge in [0.2, 0.25) is 0 Å². The predicted molar refractivity (Wildman–Crippen MR) is 155 cm³/mol. The summed E-state index contributed by atoms with van der Waals surface area (Å²) in [6, 6.07) is 7.67. The van der Waals surface area contributed by atoms with Gasteiger partial charge >= 0.3 is 13.3 Å². The highest BCUT2D eigenvalue weighted by molar-refractivity contribution is 9.10. The minimum absolute atomic E-state index is 0.00692. The average molecular weight is 652 g/mol. The highest BCUT2D eigenvalue weighted by Gasteiger charge is 2.52. The third-order valence-corrected chi connectivity index (χ3v) is 9.62. The van der Waals surface area contributed by atoms with E-state index >= 15 is 0 Å². The Morgan fingerprint density at radius 2 is 1.63 bits per heavy atom. The molecule has 0 heterocycles. The molecular formula is C27H34BrF2O5PS2. The molecule has 2 aromatic rings. The van der Waals surface area contributed by atoms with Crippen molar-refractivity contribution in [1.82, 2.24) is 0 Å². The number of alkyl halides is 2. The van der Waals surface area contributed by atoms with Crippen LogP contribution in [0.15, 0.2) is 39.7 Å². The Morgan fingerprint density at radius 3 is 2.13 bits per heavy atom. The highest BCUT2D eigenvalue weighted by Crippen LogP contribution is 2.62. The van der Waals surface area contributed by atoms with Gasteiger partial charge in [0, 0.05) is 39.8 Å². The minimum Gasteiger partial charge on any atom is -0.320 e. The Kier molecular flexibility index (Phi) is 10.2. The van der Waals surface area contributed by atoms with Crippen LogP contribution in [0.25, 0.3) is 0 Å². The summed E-state index contributed by atoms with van der Waals surface area (Å²) in [7, 11) is -9.08.